The van der Waals surface area contributed by atoms with E-state index < -0.39 is 6.10 Å². The number of hydrogen-bond acceptors (Lipinski definition) is 4. The quantitative estimate of drug-likeness (QED) is 0.796. The standard InChI is InChI=1S/C13H21N3O3/c1-3-4-16-10-12(9-14-16)19-11(2)13(17)15-5-7-18-8-6-15/h9-11H,3-8H2,1-2H3. The van der Waals surface area contributed by atoms with E-state index in [9.17, 15) is 4.79 Å². The number of hydrogen-bond donors (Lipinski definition) is 0. The van der Waals surface area contributed by atoms with Gasteiger partial charge >= 0.3 is 0 Å². The van der Waals surface area contributed by atoms with Gasteiger partial charge in [0.2, 0.25) is 0 Å². The van der Waals surface area contributed by atoms with Gasteiger partial charge in [0, 0.05) is 19.6 Å². The van der Waals surface area contributed by atoms with Gasteiger partial charge in [0.25, 0.3) is 5.91 Å². The fraction of sp³-hybridized carbons (Fsp3) is 0.692. The summed E-state index contributed by atoms with van der Waals surface area (Å²) >= 11 is 0. The molecule has 19 heavy (non-hydrogen) atoms. The highest BCUT2D eigenvalue weighted by atomic mass is 16.5. The maximum atomic E-state index is 12.2. The van der Waals surface area contributed by atoms with Crippen LogP contribution in [0.3, 0.4) is 0 Å². The van der Waals surface area contributed by atoms with Gasteiger partial charge in [0.1, 0.15) is 0 Å². The molecule has 0 spiro atoms. The molecule has 2 rings (SSSR count). The smallest absolute Gasteiger partial charge is 0.263 e. The topological polar surface area (TPSA) is 56.6 Å². The number of rotatable bonds is 5. The fourth-order valence-electron chi connectivity index (χ4n) is 2.05. The van der Waals surface area contributed by atoms with E-state index in [2.05, 4.69) is 12.0 Å². The SMILES string of the molecule is CCCn1cc(OC(C)C(=O)N2CCOCC2)cn1. The highest BCUT2D eigenvalue weighted by Gasteiger charge is 2.24. The largest absolute Gasteiger partial charge is 0.478 e. The summed E-state index contributed by atoms with van der Waals surface area (Å²) in [6.07, 6.45) is 4.01. The van der Waals surface area contributed by atoms with Crippen LogP contribution in [0.4, 0.5) is 0 Å². The van der Waals surface area contributed by atoms with E-state index in [1.807, 2.05) is 10.9 Å². The number of aromatic nitrogens is 2. The highest BCUT2D eigenvalue weighted by Crippen LogP contribution is 2.12. The van der Waals surface area contributed by atoms with Gasteiger partial charge in [0.05, 0.1) is 25.6 Å². The first-order valence-corrected chi connectivity index (χ1v) is 6.76. The molecule has 1 aromatic heterocycles. The molecule has 1 fully saturated rings. The minimum absolute atomic E-state index is 0.00606. The van der Waals surface area contributed by atoms with Gasteiger partial charge < -0.3 is 14.4 Å². The van der Waals surface area contributed by atoms with Gasteiger partial charge in [-0.05, 0) is 13.3 Å². The summed E-state index contributed by atoms with van der Waals surface area (Å²) in [5, 5.41) is 4.18. The molecular formula is C13H21N3O3. The van der Waals surface area contributed by atoms with Crippen molar-refractivity contribution in [2.45, 2.75) is 32.9 Å². The van der Waals surface area contributed by atoms with Gasteiger partial charge in [-0.15, -0.1) is 0 Å². The maximum Gasteiger partial charge on any atom is 0.263 e. The minimum Gasteiger partial charge on any atom is -0.478 e. The Morgan fingerprint density at radius 3 is 2.95 bits per heavy atom. The molecule has 0 saturated carbocycles. The molecule has 1 unspecified atom stereocenters. The van der Waals surface area contributed by atoms with Crippen LogP contribution >= 0.6 is 0 Å². The number of carbonyl (C=O) groups is 1. The molecule has 106 valence electrons. The van der Waals surface area contributed by atoms with Crippen LogP contribution in [-0.4, -0.2) is 53.0 Å². The van der Waals surface area contributed by atoms with Crippen LogP contribution in [0.25, 0.3) is 0 Å². The van der Waals surface area contributed by atoms with Crippen LogP contribution in [0, 0.1) is 0 Å². The number of aryl methyl sites for hydroxylation is 1. The molecule has 0 N–H and O–H groups in total. The molecule has 0 bridgehead atoms. The number of nitrogens with zero attached hydrogens (tertiary/aromatic N) is 3. The second-order valence-corrected chi connectivity index (χ2v) is 4.64. The van der Waals surface area contributed by atoms with Crippen molar-refractivity contribution in [2.24, 2.45) is 0 Å². The first-order valence-electron chi connectivity index (χ1n) is 6.76. The molecule has 0 radical (unpaired) electrons. The van der Waals surface area contributed by atoms with Gasteiger partial charge in [-0.2, -0.15) is 5.10 Å². The predicted octanol–water partition coefficient (Wildman–Crippen LogP) is 0.919. The summed E-state index contributed by atoms with van der Waals surface area (Å²) in [7, 11) is 0. The number of ether oxygens (including phenoxy) is 2. The molecule has 1 saturated heterocycles. The van der Waals surface area contributed by atoms with E-state index in [4.69, 9.17) is 9.47 Å². The molecular weight excluding hydrogens is 246 g/mol. The molecule has 1 amide bonds. The monoisotopic (exact) mass is 267 g/mol. The summed E-state index contributed by atoms with van der Waals surface area (Å²) < 4.78 is 12.7. The Morgan fingerprint density at radius 1 is 1.53 bits per heavy atom. The van der Waals surface area contributed by atoms with Crippen LogP contribution in [0.2, 0.25) is 0 Å². The number of carbonyl (C=O) groups excluding carboxylic acids is 1. The molecule has 1 aliphatic rings. The molecule has 0 aromatic carbocycles. The lowest BCUT2D eigenvalue weighted by molar-refractivity contribution is -0.142. The number of morpholine rings is 1. The Labute approximate surface area is 113 Å². The summed E-state index contributed by atoms with van der Waals surface area (Å²) in [6.45, 7) is 7.21. The fourth-order valence-corrected chi connectivity index (χ4v) is 2.05. The van der Waals surface area contributed by atoms with Gasteiger partial charge in [0.15, 0.2) is 11.9 Å². The Balaban J connectivity index is 1.88. The van der Waals surface area contributed by atoms with E-state index in [0.29, 0.717) is 32.1 Å². The summed E-state index contributed by atoms with van der Waals surface area (Å²) in [5.74, 6) is 0.647. The minimum atomic E-state index is -0.489. The molecule has 0 aliphatic carbocycles. The highest BCUT2D eigenvalue weighted by molar-refractivity contribution is 5.81. The van der Waals surface area contributed by atoms with Crippen molar-refractivity contribution in [3.63, 3.8) is 0 Å². The second-order valence-electron chi connectivity index (χ2n) is 4.64. The first kappa shape index (κ1) is 13.9. The van der Waals surface area contributed by atoms with Crippen molar-refractivity contribution < 1.29 is 14.3 Å². The van der Waals surface area contributed by atoms with Crippen molar-refractivity contribution in [3.8, 4) is 5.75 Å². The Kier molecular flexibility index (Phi) is 4.79. The maximum absolute atomic E-state index is 12.2. The summed E-state index contributed by atoms with van der Waals surface area (Å²) in [5.41, 5.74) is 0. The van der Waals surface area contributed by atoms with Crippen molar-refractivity contribution in [1.82, 2.24) is 14.7 Å². The molecule has 6 nitrogen and oxygen atoms in total. The molecule has 1 aromatic rings. The summed E-state index contributed by atoms with van der Waals surface area (Å²) in [6, 6.07) is 0. The van der Waals surface area contributed by atoms with Gasteiger partial charge in [-0.3, -0.25) is 9.48 Å². The Morgan fingerprint density at radius 2 is 2.26 bits per heavy atom. The lowest BCUT2D eigenvalue weighted by atomic mass is 10.3. The van der Waals surface area contributed by atoms with Gasteiger partial charge in [-0.1, -0.05) is 6.92 Å². The van der Waals surface area contributed by atoms with Crippen LogP contribution in [0.5, 0.6) is 5.75 Å². The van der Waals surface area contributed by atoms with Crippen molar-refractivity contribution in [1.29, 1.82) is 0 Å². The average Bonchev–Trinajstić information content (AvgIpc) is 2.86. The van der Waals surface area contributed by atoms with E-state index in [1.54, 1.807) is 18.0 Å². The van der Waals surface area contributed by atoms with Crippen molar-refractivity contribution in [3.05, 3.63) is 12.4 Å². The lowest BCUT2D eigenvalue weighted by Crippen LogP contribution is -2.46. The van der Waals surface area contributed by atoms with Gasteiger partial charge in [-0.25, -0.2) is 0 Å². The lowest BCUT2D eigenvalue weighted by Gasteiger charge is -2.29. The van der Waals surface area contributed by atoms with Crippen molar-refractivity contribution in [2.75, 3.05) is 26.3 Å². The molecule has 1 atom stereocenters. The van der Waals surface area contributed by atoms with Crippen LogP contribution in [0.15, 0.2) is 12.4 Å². The van der Waals surface area contributed by atoms with E-state index >= 15 is 0 Å². The van der Waals surface area contributed by atoms with E-state index in [1.165, 1.54) is 0 Å². The number of amides is 1. The Hall–Kier alpha value is -1.56. The van der Waals surface area contributed by atoms with Crippen LogP contribution in [0.1, 0.15) is 20.3 Å². The molecule has 1 aliphatic heterocycles. The third kappa shape index (κ3) is 3.70. The zero-order valence-electron chi connectivity index (χ0n) is 11.5. The first-order chi connectivity index (χ1) is 9.20. The molecule has 6 heteroatoms. The van der Waals surface area contributed by atoms with Crippen LogP contribution in [-0.2, 0) is 16.1 Å². The second kappa shape index (κ2) is 6.56. The van der Waals surface area contributed by atoms with Crippen LogP contribution < -0.4 is 4.74 Å². The zero-order chi connectivity index (χ0) is 13.7. The summed E-state index contributed by atoms with van der Waals surface area (Å²) in [4.78, 5) is 13.9. The third-order valence-electron chi connectivity index (χ3n) is 3.05. The molecule has 2 heterocycles. The predicted molar refractivity (Wildman–Crippen MR) is 70.0 cm³/mol. The zero-order valence-corrected chi connectivity index (χ0v) is 11.5. The Bertz CT molecular complexity index is 413. The van der Waals surface area contributed by atoms with Crippen molar-refractivity contribution >= 4 is 5.91 Å². The average molecular weight is 267 g/mol. The van der Waals surface area contributed by atoms with E-state index in [0.717, 1.165) is 13.0 Å². The van der Waals surface area contributed by atoms with E-state index in [-0.39, 0.29) is 5.91 Å². The third-order valence-corrected chi connectivity index (χ3v) is 3.05. The normalized spacial score (nSPS) is 17.3.